The molecular formula is C35H41ClF3N9O6. The summed E-state index contributed by atoms with van der Waals surface area (Å²) in [4.78, 5) is 54.1. The van der Waals surface area contributed by atoms with Crippen molar-refractivity contribution in [2.75, 3.05) is 11.4 Å². The van der Waals surface area contributed by atoms with Crippen LogP contribution in [0.3, 0.4) is 0 Å². The van der Waals surface area contributed by atoms with Crippen molar-refractivity contribution in [2.24, 2.45) is 22.6 Å². The van der Waals surface area contributed by atoms with Gasteiger partial charge in [-0.2, -0.15) is 18.4 Å². The fourth-order valence-corrected chi connectivity index (χ4v) is 6.13. The van der Waals surface area contributed by atoms with Gasteiger partial charge in [-0.05, 0) is 99.1 Å². The Balaban J connectivity index is 0.000000845. The molecule has 54 heavy (non-hydrogen) atoms. The molecule has 5 N–H and O–H groups in total. The maximum atomic E-state index is 14.3. The largest absolute Gasteiger partial charge is 0.490 e. The number of carbonyl (C=O) groups is 4. The average molecular weight is 776 g/mol. The number of carboxylic acids is 1. The highest BCUT2D eigenvalue weighted by molar-refractivity contribution is 6.19. The zero-order chi connectivity index (χ0) is 39.6. The lowest BCUT2D eigenvalue weighted by Crippen LogP contribution is -2.52. The Hall–Kier alpha value is -5.52. The first-order chi connectivity index (χ1) is 25.4. The summed E-state index contributed by atoms with van der Waals surface area (Å²) in [6.45, 7) is 5.94. The van der Waals surface area contributed by atoms with Crippen LogP contribution < -0.4 is 16.0 Å². The van der Waals surface area contributed by atoms with Crippen LogP contribution in [0.5, 0.6) is 0 Å². The van der Waals surface area contributed by atoms with E-state index in [2.05, 4.69) is 30.9 Å². The second-order valence-corrected chi connectivity index (χ2v) is 14.0. The van der Waals surface area contributed by atoms with Crippen LogP contribution in [-0.2, 0) is 25.5 Å². The molecule has 2 heterocycles. The molecule has 2 atom stereocenters. The Morgan fingerprint density at radius 1 is 1.06 bits per heavy atom. The first-order valence-electron chi connectivity index (χ1n) is 16.9. The second-order valence-electron chi connectivity index (χ2n) is 13.7. The molecule has 3 amide bonds. The highest BCUT2D eigenvalue weighted by Gasteiger charge is 2.38. The number of alkyl carbamates (subject to hydrolysis) is 1. The number of carbonyl (C=O) groups excluding carboxylic acids is 3. The molecule has 0 bridgehead atoms. The van der Waals surface area contributed by atoms with E-state index in [-0.39, 0.29) is 30.2 Å². The van der Waals surface area contributed by atoms with Crippen LogP contribution in [0.25, 0.3) is 11.4 Å². The minimum absolute atomic E-state index is 0.166. The van der Waals surface area contributed by atoms with E-state index in [1.807, 2.05) is 51.1 Å². The number of nitrogens with one attached hydrogen (secondary N) is 2. The van der Waals surface area contributed by atoms with Gasteiger partial charge in [0.05, 0.1) is 6.04 Å². The highest BCUT2D eigenvalue weighted by atomic mass is 35.5. The first kappa shape index (κ1) is 41.2. The van der Waals surface area contributed by atoms with E-state index in [0.29, 0.717) is 36.5 Å². The minimum atomic E-state index is -5.08. The molecule has 1 unspecified atom stereocenters. The van der Waals surface area contributed by atoms with Crippen LogP contribution in [0.4, 0.5) is 23.7 Å². The molecule has 0 radical (unpaired) electrons. The third-order valence-electron chi connectivity index (χ3n) is 8.55. The van der Waals surface area contributed by atoms with Crippen LogP contribution in [0.1, 0.15) is 63.6 Å². The molecule has 290 valence electrons. The number of ether oxygens (including phenoxy) is 1. The van der Waals surface area contributed by atoms with Crippen LogP contribution in [0.15, 0.2) is 65.8 Å². The molecule has 2 aliphatic rings. The third-order valence-corrected chi connectivity index (χ3v) is 8.84. The number of aromatic amines is 1. The van der Waals surface area contributed by atoms with Crippen LogP contribution >= 0.6 is 11.8 Å². The van der Waals surface area contributed by atoms with Crippen molar-refractivity contribution in [3.63, 3.8) is 0 Å². The molecule has 19 heteroatoms. The predicted molar refractivity (Wildman–Crippen MR) is 192 cm³/mol. The van der Waals surface area contributed by atoms with Gasteiger partial charge < -0.3 is 20.9 Å². The summed E-state index contributed by atoms with van der Waals surface area (Å²) in [5.74, 6) is -3.22. The predicted octanol–water partition coefficient (Wildman–Crippen LogP) is 5.31. The SMILES string of the molecule is CC(C)(C)OC(=O)NC[C@H]1CC[C@H](C(=O)N(c2ccc(-c3nn[nH]n3)cc2)[C@@H](Cc2ccc(C3C=CN=CN3Cl)cc2)C(N)=O)CC1.O=C(O)C(F)(F)F. The van der Waals surface area contributed by atoms with Crippen molar-refractivity contribution >= 4 is 47.7 Å². The van der Waals surface area contributed by atoms with Gasteiger partial charge in [0.15, 0.2) is 0 Å². The van der Waals surface area contributed by atoms with Crippen molar-refractivity contribution in [3.8, 4) is 11.4 Å². The molecule has 1 aromatic heterocycles. The molecule has 1 fully saturated rings. The summed E-state index contributed by atoms with van der Waals surface area (Å²) in [5, 5.41) is 24.1. The van der Waals surface area contributed by atoms with Gasteiger partial charge in [-0.15, -0.1) is 10.2 Å². The quantitative estimate of drug-likeness (QED) is 0.195. The lowest BCUT2D eigenvalue weighted by Gasteiger charge is -2.36. The number of alkyl halides is 3. The molecular weight excluding hydrogens is 735 g/mol. The lowest BCUT2D eigenvalue weighted by atomic mass is 9.81. The molecule has 5 rings (SSSR count). The Kier molecular flexibility index (Phi) is 13.7. The third kappa shape index (κ3) is 11.7. The van der Waals surface area contributed by atoms with Gasteiger partial charge in [0.1, 0.15) is 18.0 Å². The number of H-pyrrole nitrogens is 1. The fraction of sp³-hybridized carbons (Fsp3) is 0.429. The van der Waals surface area contributed by atoms with E-state index < -0.39 is 35.8 Å². The van der Waals surface area contributed by atoms with E-state index >= 15 is 0 Å². The number of halogens is 4. The number of hydrogen-bond donors (Lipinski definition) is 4. The Morgan fingerprint density at radius 3 is 2.20 bits per heavy atom. The van der Waals surface area contributed by atoms with E-state index in [1.165, 1.54) is 4.42 Å². The topological polar surface area (TPSA) is 209 Å². The normalized spacial score (nSPS) is 18.9. The summed E-state index contributed by atoms with van der Waals surface area (Å²) in [6.07, 6.45) is 2.53. The van der Waals surface area contributed by atoms with Crippen LogP contribution in [-0.4, -0.2) is 84.7 Å². The Morgan fingerprint density at radius 2 is 1.69 bits per heavy atom. The molecule has 1 saturated carbocycles. The van der Waals surface area contributed by atoms with Gasteiger partial charge in [-0.3, -0.25) is 18.9 Å². The standard InChI is InChI=1S/C33H40ClN9O4.C2HF3O2/c1-33(2,3)47-32(46)37-19-22-6-10-25(11-7-22)31(45)43(26-14-12-24(13-15-26)30-38-40-41-39-30)28(29(35)44)18-21-4-8-23(9-5-21)27-16-17-36-20-42(27)34;3-2(4,5)1(6)7/h4-5,8-9,12-17,20,22,25,27-28H,6-7,10-11,18-19H2,1-3H3,(H2,35,44)(H,37,46)(H,38,39,40,41);(H,6,7)/t22-,25-,27?,28-;/m0./s1. The number of nitrogens with zero attached hydrogens (tertiary/aromatic N) is 6. The fourth-order valence-electron chi connectivity index (χ4n) is 5.90. The number of aromatic nitrogens is 4. The van der Waals surface area contributed by atoms with E-state index in [0.717, 1.165) is 24.0 Å². The first-order valence-corrected chi connectivity index (χ1v) is 17.2. The number of aliphatic imine (C=N–C) groups is 1. The number of anilines is 1. The number of rotatable bonds is 10. The number of carboxylic acid groups (broad SMARTS) is 1. The number of hydrogen-bond acceptors (Lipinski definition) is 10. The van der Waals surface area contributed by atoms with E-state index in [1.54, 1.807) is 41.7 Å². The van der Waals surface area contributed by atoms with Gasteiger partial charge in [0, 0.05) is 48.1 Å². The Bertz CT molecular complexity index is 1790. The summed E-state index contributed by atoms with van der Waals surface area (Å²) >= 11 is 6.30. The number of nitrogens with two attached hydrogens (primary N) is 1. The van der Waals surface area contributed by atoms with Crippen LogP contribution in [0, 0.1) is 11.8 Å². The highest BCUT2D eigenvalue weighted by Crippen LogP contribution is 2.33. The summed E-state index contributed by atoms with van der Waals surface area (Å²) in [6, 6.07) is 13.7. The van der Waals surface area contributed by atoms with E-state index in [4.69, 9.17) is 32.1 Å². The van der Waals surface area contributed by atoms with Crippen molar-refractivity contribution in [2.45, 2.75) is 76.7 Å². The monoisotopic (exact) mass is 775 g/mol. The minimum Gasteiger partial charge on any atom is -0.475 e. The zero-order valence-corrected chi connectivity index (χ0v) is 30.4. The number of tetrazole rings is 1. The van der Waals surface area contributed by atoms with Gasteiger partial charge in [0.25, 0.3) is 0 Å². The number of amides is 3. The summed E-state index contributed by atoms with van der Waals surface area (Å²) in [7, 11) is 0. The lowest BCUT2D eigenvalue weighted by molar-refractivity contribution is -0.192. The van der Waals surface area contributed by atoms with Gasteiger partial charge >= 0.3 is 18.2 Å². The molecule has 3 aromatic rings. The molecule has 15 nitrogen and oxygen atoms in total. The zero-order valence-electron chi connectivity index (χ0n) is 29.7. The van der Waals surface area contributed by atoms with Crippen molar-refractivity contribution in [1.82, 2.24) is 30.4 Å². The van der Waals surface area contributed by atoms with Crippen LogP contribution in [0.2, 0.25) is 0 Å². The smallest absolute Gasteiger partial charge is 0.475 e. The molecule has 0 spiro atoms. The Labute approximate surface area is 313 Å². The second kappa shape index (κ2) is 18.0. The molecule has 1 aliphatic heterocycles. The van der Waals surface area contributed by atoms with Crippen molar-refractivity contribution in [3.05, 3.63) is 71.9 Å². The maximum absolute atomic E-state index is 14.3. The number of benzene rings is 2. The average Bonchev–Trinajstić information content (AvgIpc) is 3.66. The summed E-state index contributed by atoms with van der Waals surface area (Å²) < 4.78 is 38.6. The van der Waals surface area contributed by atoms with Crippen molar-refractivity contribution in [1.29, 1.82) is 0 Å². The molecule has 2 aromatic carbocycles. The molecule has 0 saturated heterocycles. The van der Waals surface area contributed by atoms with Gasteiger partial charge in [0.2, 0.25) is 17.6 Å². The van der Waals surface area contributed by atoms with E-state index in [9.17, 15) is 27.6 Å². The van der Waals surface area contributed by atoms with Gasteiger partial charge in [-0.1, -0.05) is 24.3 Å². The van der Waals surface area contributed by atoms with Crippen molar-refractivity contribution < 1.29 is 42.2 Å². The number of primary amides is 1. The number of aliphatic carboxylic acids is 1. The maximum Gasteiger partial charge on any atom is 0.490 e. The summed E-state index contributed by atoms with van der Waals surface area (Å²) in [5.41, 5.74) is 8.49. The molecule has 1 aliphatic carbocycles. The van der Waals surface area contributed by atoms with Gasteiger partial charge in [-0.25, -0.2) is 14.6 Å².